The predicted molar refractivity (Wildman–Crippen MR) is 139 cm³/mol. The summed E-state index contributed by atoms with van der Waals surface area (Å²) in [7, 11) is 3.21. The van der Waals surface area contributed by atoms with E-state index in [0.29, 0.717) is 41.4 Å². The Morgan fingerprint density at radius 3 is 2.68 bits per heavy atom. The molecule has 10 nitrogen and oxygen atoms in total. The minimum atomic E-state index is -0.470. The molecule has 0 bridgehead atoms. The van der Waals surface area contributed by atoms with E-state index in [9.17, 15) is 4.39 Å². The monoisotopic (exact) mass is 514 g/mol. The van der Waals surface area contributed by atoms with Gasteiger partial charge >= 0.3 is 0 Å². The molecule has 1 aromatic carbocycles. The molecule has 0 saturated heterocycles. The molecule has 0 radical (unpaired) electrons. The second-order valence-electron chi connectivity index (χ2n) is 9.32. The molecule has 194 valence electrons. The van der Waals surface area contributed by atoms with Gasteiger partial charge in [-0.05, 0) is 37.5 Å². The summed E-state index contributed by atoms with van der Waals surface area (Å²) in [5, 5.41) is 5.39. The molecule has 0 aliphatic heterocycles. The Balaban J connectivity index is 1.36. The Kier molecular flexibility index (Phi) is 6.18. The fraction of sp³-hybridized carbons (Fsp3) is 0.333. The molecule has 4 heterocycles. The molecule has 5 aromatic rings. The topological polar surface area (TPSA) is 106 Å². The van der Waals surface area contributed by atoms with Gasteiger partial charge in [-0.1, -0.05) is 6.07 Å². The van der Waals surface area contributed by atoms with Crippen molar-refractivity contribution in [2.45, 2.75) is 38.8 Å². The van der Waals surface area contributed by atoms with Gasteiger partial charge in [-0.3, -0.25) is 0 Å². The molecular weight excluding hydrogens is 487 g/mol. The van der Waals surface area contributed by atoms with Crippen LogP contribution < -0.4 is 9.47 Å². The minimum absolute atomic E-state index is 0.238. The summed E-state index contributed by atoms with van der Waals surface area (Å²) in [6, 6.07) is 5.90. The van der Waals surface area contributed by atoms with E-state index in [4.69, 9.17) is 14.5 Å². The number of benzene rings is 1. The second-order valence-corrected chi connectivity index (χ2v) is 9.32. The van der Waals surface area contributed by atoms with Crippen LogP contribution in [0.15, 0.2) is 43.1 Å². The molecule has 1 fully saturated rings. The second kappa shape index (κ2) is 9.81. The molecule has 0 amide bonds. The van der Waals surface area contributed by atoms with Crippen molar-refractivity contribution >= 4 is 11.0 Å². The summed E-state index contributed by atoms with van der Waals surface area (Å²) < 4.78 is 28.0. The molecule has 1 aliphatic carbocycles. The Labute approximate surface area is 218 Å². The average molecular weight is 515 g/mol. The van der Waals surface area contributed by atoms with Gasteiger partial charge in [0.25, 0.3) is 0 Å². The van der Waals surface area contributed by atoms with Gasteiger partial charge in [0.15, 0.2) is 11.5 Å². The molecule has 6 rings (SSSR count). The zero-order valence-corrected chi connectivity index (χ0v) is 21.4. The van der Waals surface area contributed by atoms with Crippen LogP contribution >= 0.6 is 0 Å². The van der Waals surface area contributed by atoms with Crippen LogP contribution in [-0.4, -0.2) is 60.2 Å². The molecule has 4 aromatic heterocycles. The van der Waals surface area contributed by atoms with Crippen LogP contribution in [0.3, 0.4) is 0 Å². The summed E-state index contributed by atoms with van der Waals surface area (Å²) >= 11 is 0. The molecule has 1 aliphatic rings. The van der Waals surface area contributed by atoms with Gasteiger partial charge in [-0.25, -0.2) is 34.0 Å². The standard InChI is InChI=1S/C27H27FN8O2/c1-16-13-35(9-8-28)26(33-16)20-7-4-17(10-21(20)37-2)14-36-25-19(12-32-36)11-29-24(34-25)22-23(18-5-6-18)30-15-31-27(22)38-3/h4,7,10-13,15,18H,5-6,8-9,14H2,1-3H3. The predicted octanol–water partition coefficient (Wildman–Crippen LogP) is 4.37. The smallest absolute Gasteiger partial charge is 0.227 e. The van der Waals surface area contributed by atoms with E-state index in [2.05, 4.69) is 25.0 Å². The summed E-state index contributed by atoms with van der Waals surface area (Å²) in [6.07, 6.45) is 9.05. The fourth-order valence-electron chi connectivity index (χ4n) is 4.73. The Bertz CT molecular complexity index is 1630. The Morgan fingerprint density at radius 1 is 1.05 bits per heavy atom. The number of ether oxygens (including phenoxy) is 2. The SMILES string of the molecule is COc1cc(Cn2ncc3cnc(-c4c(OC)ncnc4C4CC4)nc32)ccc1-c1nc(C)cn1CCF. The minimum Gasteiger partial charge on any atom is -0.496 e. The number of nitrogens with zero attached hydrogens (tertiary/aromatic N) is 8. The quantitative estimate of drug-likeness (QED) is 0.286. The van der Waals surface area contributed by atoms with Crippen molar-refractivity contribution < 1.29 is 13.9 Å². The third kappa shape index (κ3) is 4.33. The number of methoxy groups -OCH3 is 2. The van der Waals surface area contributed by atoms with Gasteiger partial charge in [-0.2, -0.15) is 5.10 Å². The number of imidazole rings is 1. The van der Waals surface area contributed by atoms with Crippen molar-refractivity contribution in [2.24, 2.45) is 0 Å². The van der Waals surface area contributed by atoms with Crippen LogP contribution in [0, 0.1) is 6.92 Å². The van der Waals surface area contributed by atoms with Crippen molar-refractivity contribution in [1.29, 1.82) is 0 Å². The van der Waals surface area contributed by atoms with Crippen LogP contribution in [0.4, 0.5) is 4.39 Å². The van der Waals surface area contributed by atoms with Gasteiger partial charge in [0.2, 0.25) is 5.88 Å². The van der Waals surface area contributed by atoms with E-state index in [-0.39, 0.29) is 6.54 Å². The van der Waals surface area contributed by atoms with Gasteiger partial charge in [0.1, 0.15) is 30.1 Å². The average Bonchev–Trinajstić information content (AvgIpc) is 3.62. The van der Waals surface area contributed by atoms with E-state index in [1.54, 1.807) is 26.6 Å². The van der Waals surface area contributed by atoms with Gasteiger partial charge < -0.3 is 14.0 Å². The van der Waals surface area contributed by atoms with Gasteiger partial charge in [0.05, 0.1) is 55.8 Å². The lowest BCUT2D eigenvalue weighted by molar-refractivity contribution is 0.397. The zero-order chi connectivity index (χ0) is 26.2. The Morgan fingerprint density at radius 2 is 1.92 bits per heavy atom. The number of hydrogen-bond acceptors (Lipinski definition) is 8. The summed E-state index contributed by atoms with van der Waals surface area (Å²) in [6.45, 7) is 2.12. The van der Waals surface area contributed by atoms with Crippen molar-refractivity contribution in [2.75, 3.05) is 20.9 Å². The highest BCUT2D eigenvalue weighted by Crippen LogP contribution is 2.44. The zero-order valence-electron chi connectivity index (χ0n) is 21.4. The summed E-state index contributed by atoms with van der Waals surface area (Å²) in [5.74, 6) is 2.69. The third-order valence-corrected chi connectivity index (χ3v) is 6.66. The molecule has 11 heteroatoms. The first-order chi connectivity index (χ1) is 18.6. The number of halogens is 1. The number of aromatic nitrogens is 8. The molecule has 38 heavy (non-hydrogen) atoms. The number of aryl methyl sites for hydroxylation is 2. The highest BCUT2D eigenvalue weighted by Gasteiger charge is 2.31. The molecular formula is C27H27FN8O2. The van der Waals surface area contributed by atoms with E-state index >= 15 is 0 Å². The van der Waals surface area contributed by atoms with E-state index in [0.717, 1.165) is 46.3 Å². The molecule has 0 spiro atoms. The normalized spacial score (nSPS) is 13.3. The maximum absolute atomic E-state index is 13.1. The lowest BCUT2D eigenvalue weighted by atomic mass is 10.1. The van der Waals surface area contributed by atoms with Crippen molar-refractivity contribution in [3.63, 3.8) is 0 Å². The molecule has 0 unspecified atom stereocenters. The fourth-order valence-corrected chi connectivity index (χ4v) is 4.73. The van der Waals surface area contributed by atoms with E-state index in [1.807, 2.05) is 40.6 Å². The molecule has 0 atom stereocenters. The third-order valence-electron chi connectivity index (χ3n) is 6.66. The van der Waals surface area contributed by atoms with Crippen molar-refractivity contribution in [3.05, 3.63) is 60.1 Å². The van der Waals surface area contributed by atoms with Crippen LogP contribution in [-0.2, 0) is 13.1 Å². The maximum atomic E-state index is 13.1. The number of rotatable bonds is 9. The van der Waals surface area contributed by atoms with Crippen LogP contribution in [0.5, 0.6) is 11.6 Å². The van der Waals surface area contributed by atoms with E-state index in [1.165, 1.54) is 6.33 Å². The lowest BCUT2D eigenvalue weighted by Crippen LogP contribution is -2.06. The van der Waals surface area contributed by atoms with Crippen molar-refractivity contribution in [3.8, 4) is 34.4 Å². The highest BCUT2D eigenvalue weighted by molar-refractivity contribution is 5.77. The highest BCUT2D eigenvalue weighted by atomic mass is 19.1. The summed E-state index contributed by atoms with van der Waals surface area (Å²) in [4.78, 5) is 22.9. The Hall–Kier alpha value is -4.41. The summed E-state index contributed by atoms with van der Waals surface area (Å²) in [5.41, 5.74) is 4.94. The first-order valence-corrected chi connectivity index (χ1v) is 12.4. The van der Waals surface area contributed by atoms with Gasteiger partial charge in [-0.15, -0.1) is 0 Å². The van der Waals surface area contributed by atoms with Crippen LogP contribution in [0.2, 0.25) is 0 Å². The largest absolute Gasteiger partial charge is 0.496 e. The number of fused-ring (bicyclic) bond motifs is 1. The number of hydrogen-bond donors (Lipinski definition) is 0. The first kappa shape index (κ1) is 24.0. The first-order valence-electron chi connectivity index (χ1n) is 12.4. The van der Waals surface area contributed by atoms with Crippen LogP contribution in [0.1, 0.15) is 35.7 Å². The van der Waals surface area contributed by atoms with Gasteiger partial charge in [0, 0.05) is 18.3 Å². The van der Waals surface area contributed by atoms with Crippen LogP contribution in [0.25, 0.3) is 33.8 Å². The maximum Gasteiger partial charge on any atom is 0.227 e. The lowest BCUT2D eigenvalue weighted by Gasteiger charge is -2.13. The number of alkyl halides is 1. The molecule has 1 saturated carbocycles. The van der Waals surface area contributed by atoms with E-state index < -0.39 is 6.67 Å². The molecule has 0 N–H and O–H groups in total. The van der Waals surface area contributed by atoms with Crippen molar-refractivity contribution in [1.82, 2.24) is 39.3 Å².